The number of aliphatic hydroxyl groups excluding tert-OH is 4. The molecule has 0 bridgehead atoms. The normalized spacial score (nSPS) is 13.6. The van der Waals surface area contributed by atoms with E-state index in [9.17, 15) is 25.2 Å². The summed E-state index contributed by atoms with van der Waals surface area (Å²) in [5.74, 6) is -0.574. The van der Waals surface area contributed by atoms with Gasteiger partial charge in [-0.2, -0.15) is 0 Å². The van der Waals surface area contributed by atoms with E-state index >= 15 is 0 Å². The Morgan fingerprint density at radius 2 is 0.500 bits per heavy atom. The van der Waals surface area contributed by atoms with E-state index in [1.54, 1.807) is 0 Å². The molecule has 0 saturated carbocycles. The highest BCUT2D eigenvalue weighted by Crippen LogP contribution is 2.19. The Kier molecular flexibility index (Phi) is 56.6. The van der Waals surface area contributed by atoms with Crippen LogP contribution in [0, 0.1) is 0 Å². The Hall–Kier alpha value is -0.690. The van der Waals surface area contributed by atoms with Crippen molar-refractivity contribution in [1.82, 2.24) is 5.32 Å². The van der Waals surface area contributed by atoms with Crippen molar-refractivity contribution in [3.63, 3.8) is 0 Å². The van der Waals surface area contributed by atoms with Crippen molar-refractivity contribution < 1.29 is 25.2 Å². The van der Waals surface area contributed by atoms with Crippen molar-refractivity contribution in [3.05, 3.63) is 0 Å². The molecular formula is C62H125NO5. The standard InChI is InChI=1S/C62H125NO5/c1-3-5-7-9-11-13-15-17-19-21-23-25-27-28-29-30-31-32-34-36-38-40-42-44-46-48-50-52-54-56-60(66)62(68)63-58(57-64)61(67)59(65)55-53-51-49-47-45-43-41-39-37-35-33-26-24-22-20-18-16-14-12-10-8-6-4-2/h58-61,64-67H,3-57H2,1-2H3,(H,63,68). The van der Waals surface area contributed by atoms with E-state index in [4.69, 9.17) is 0 Å². The lowest BCUT2D eigenvalue weighted by atomic mass is 9.99. The van der Waals surface area contributed by atoms with Gasteiger partial charge < -0.3 is 25.7 Å². The maximum atomic E-state index is 12.6. The molecule has 1 amide bonds. The minimum absolute atomic E-state index is 0.377. The van der Waals surface area contributed by atoms with Gasteiger partial charge in [0.05, 0.1) is 18.8 Å². The maximum absolute atomic E-state index is 12.6. The third kappa shape index (κ3) is 50.3. The van der Waals surface area contributed by atoms with Gasteiger partial charge >= 0.3 is 0 Å². The SMILES string of the molecule is CCCCCCCCCCCCCCCCCCCCCCCCCCCCCCCC(O)C(=O)NC(CO)C(O)C(O)CCCCCCCCCCCCCCCCCCCCCCCCC. The third-order valence-electron chi connectivity index (χ3n) is 15.3. The average molecular weight is 965 g/mol. The summed E-state index contributed by atoms with van der Waals surface area (Å²) in [5.41, 5.74) is 0. The summed E-state index contributed by atoms with van der Waals surface area (Å²) in [5, 5.41) is 44.1. The number of rotatable bonds is 59. The first-order valence-corrected chi connectivity index (χ1v) is 31.4. The van der Waals surface area contributed by atoms with Gasteiger partial charge in [-0.05, 0) is 12.8 Å². The zero-order valence-electron chi connectivity index (χ0n) is 46.4. The average Bonchev–Trinajstić information content (AvgIpc) is 3.34. The Bertz CT molecular complexity index is 948. The monoisotopic (exact) mass is 964 g/mol. The number of nitrogens with one attached hydrogen (secondary N) is 1. The number of carbonyl (C=O) groups excluding carboxylic acids is 1. The fourth-order valence-corrected chi connectivity index (χ4v) is 10.4. The molecule has 0 aliphatic carbocycles. The Morgan fingerprint density at radius 1 is 0.309 bits per heavy atom. The van der Waals surface area contributed by atoms with Gasteiger partial charge in [-0.15, -0.1) is 0 Å². The molecule has 0 fully saturated rings. The molecule has 0 spiro atoms. The van der Waals surface area contributed by atoms with Crippen LogP contribution in [0.2, 0.25) is 0 Å². The molecular weight excluding hydrogens is 839 g/mol. The van der Waals surface area contributed by atoms with Gasteiger partial charge in [0.15, 0.2) is 0 Å². The van der Waals surface area contributed by atoms with Gasteiger partial charge in [-0.3, -0.25) is 4.79 Å². The van der Waals surface area contributed by atoms with Crippen molar-refractivity contribution in [1.29, 1.82) is 0 Å². The van der Waals surface area contributed by atoms with Crippen LogP contribution in [0.15, 0.2) is 0 Å². The number of aliphatic hydroxyl groups is 4. The summed E-state index contributed by atoms with van der Waals surface area (Å²) >= 11 is 0. The van der Waals surface area contributed by atoms with E-state index in [2.05, 4.69) is 19.2 Å². The van der Waals surface area contributed by atoms with Crippen LogP contribution in [0.25, 0.3) is 0 Å². The predicted octanol–water partition coefficient (Wildman–Crippen LogP) is 18.7. The molecule has 0 aromatic heterocycles. The van der Waals surface area contributed by atoms with Crippen LogP contribution >= 0.6 is 0 Å². The fraction of sp³-hybridized carbons (Fsp3) is 0.984. The van der Waals surface area contributed by atoms with Crippen LogP contribution in [-0.2, 0) is 4.79 Å². The van der Waals surface area contributed by atoms with Gasteiger partial charge in [-0.1, -0.05) is 348 Å². The Labute approximate surface area is 426 Å². The van der Waals surface area contributed by atoms with E-state index < -0.39 is 36.9 Å². The molecule has 68 heavy (non-hydrogen) atoms. The number of amides is 1. The number of hydrogen-bond acceptors (Lipinski definition) is 5. The van der Waals surface area contributed by atoms with Crippen LogP contribution in [0.5, 0.6) is 0 Å². The first kappa shape index (κ1) is 67.3. The second-order valence-electron chi connectivity index (χ2n) is 22.1. The molecule has 4 atom stereocenters. The summed E-state index contributed by atoms with van der Waals surface area (Å²) in [6, 6.07) is -0.981. The van der Waals surface area contributed by atoms with Crippen LogP contribution in [0.4, 0.5) is 0 Å². The van der Waals surface area contributed by atoms with Crippen molar-refractivity contribution in [2.45, 2.75) is 385 Å². The molecule has 0 aromatic carbocycles. The highest BCUT2D eigenvalue weighted by Gasteiger charge is 2.28. The molecule has 6 nitrogen and oxygen atoms in total. The molecule has 0 heterocycles. The molecule has 0 aliphatic rings. The number of unbranched alkanes of at least 4 members (excludes halogenated alkanes) is 50. The Morgan fingerprint density at radius 3 is 0.706 bits per heavy atom. The highest BCUT2D eigenvalue weighted by molar-refractivity contribution is 5.80. The third-order valence-corrected chi connectivity index (χ3v) is 15.3. The molecule has 4 unspecified atom stereocenters. The van der Waals surface area contributed by atoms with E-state index in [-0.39, 0.29) is 0 Å². The van der Waals surface area contributed by atoms with E-state index in [0.717, 1.165) is 38.5 Å². The van der Waals surface area contributed by atoms with Crippen molar-refractivity contribution in [3.8, 4) is 0 Å². The zero-order chi connectivity index (χ0) is 49.5. The fourth-order valence-electron chi connectivity index (χ4n) is 10.4. The number of carbonyl (C=O) groups is 1. The summed E-state index contributed by atoms with van der Waals surface area (Å²) < 4.78 is 0. The molecule has 0 aromatic rings. The lowest BCUT2D eigenvalue weighted by Crippen LogP contribution is -2.53. The van der Waals surface area contributed by atoms with Crippen LogP contribution in [-0.4, -0.2) is 57.3 Å². The molecule has 0 radical (unpaired) electrons. The smallest absolute Gasteiger partial charge is 0.249 e. The summed E-state index contributed by atoms with van der Waals surface area (Å²) in [6.07, 6.45) is 67.7. The molecule has 0 rings (SSSR count). The second-order valence-corrected chi connectivity index (χ2v) is 22.1. The van der Waals surface area contributed by atoms with Crippen LogP contribution in [0.3, 0.4) is 0 Å². The minimum atomic E-state index is -1.26. The largest absolute Gasteiger partial charge is 0.394 e. The topological polar surface area (TPSA) is 110 Å². The first-order valence-electron chi connectivity index (χ1n) is 31.4. The molecule has 0 saturated heterocycles. The summed E-state index contributed by atoms with van der Waals surface area (Å²) in [4.78, 5) is 12.6. The van der Waals surface area contributed by atoms with Crippen molar-refractivity contribution >= 4 is 5.91 Å². The lowest BCUT2D eigenvalue weighted by molar-refractivity contribution is -0.132. The zero-order valence-corrected chi connectivity index (χ0v) is 46.4. The van der Waals surface area contributed by atoms with Crippen molar-refractivity contribution in [2.24, 2.45) is 0 Å². The predicted molar refractivity (Wildman–Crippen MR) is 298 cm³/mol. The second kappa shape index (κ2) is 57.2. The van der Waals surface area contributed by atoms with E-state index in [1.807, 2.05) is 0 Å². The quantitative estimate of drug-likeness (QED) is 0.0390. The van der Waals surface area contributed by atoms with Gasteiger partial charge in [0, 0.05) is 0 Å². The summed E-state index contributed by atoms with van der Waals surface area (Å²) in [7, 11) is 0. The number of hydrogen-bond donors (Lipinski definition) is 5. The first-order chi connectivity index (χ1) is 33.5. The van der Waals surface area contributed by atoms with Crippen LogP contribution in [0.1, 0.15) is 361 Å². The Balaban J connectivity index is 3.54. The molecule has 5 N–H and O–H groups in total. The van der Waals surface area contributed by atoms with E-state index in [1.165, 1.54) is 295 Å². The van der Waals surface area contributed by atoms with E-state index in [0.29, 0.717) is 12.8 Å². The maximum Gasteiger partial charge on any atom is 0.249 e. The van der Waals surface area contributed by atoms with Gasteiger partial charge in [0.1, 0.15) is 12.2 Å². The van der Waals surface area contributed by atoms with Gasteiger partial charge in [0.2, 0.25) is 5.91 Å². The van der Waals surface area contributed by atoms with Gasteiger partial charge in [-0.25, -0.2) is 0 Å². The van der Waals surface area contributed by atoms with Crippen LogP contribution < -0.4 is 5.32 Å². The minimum Gasteiger partial charge on any atom is -0.394 e. The van der Waals surface area contributed by atoms with Gasteiger partial charge in [0.25, 0.3) is 0 Å². The molecule has 6 heteroatoms. The lowest BCUT2D eigenvalue weighted by Gasteiger charge is -2.27. The summed E-state index contributed by atoms with van der Waals surface area (Å²) in [6.45, 7) is 4.11. The molecule has 0 aliphatic heterocycles. The van der Waals surface area contributed by atoms with Crippen molar-refractivity contribution in [2.75, 3.05) is 6.61 Å². The molecule has 408 valence electrons. The highest BCUT2D eigenvalue weighted by atomic mass is 16.3.